The fraction of sp³-hybridized carbons (Fsp3) is 0.556. The van der Waals surface area contributed by atoms with Gasteiger partial charge in [0.1, 0.15) is 0 Å². The first-order valence-corrected chi connectivity index (χ1v) is 4.20. The van der Waals surface area contributed by atoms with Crippen molar-refractivity contribution in [3.8, 4) is 0 Å². The Morgan fingerprint density at radius 3 is 2.62 bits per heavy atom. The minimum atomic E-state index is -0.525. The van der Waals surface area contributed by atoms with Gasteiger partial charge in [-0.25, -0.2) is 0 Å². The molecule has 0 amide bonds. The summed E-state index contributed by atoms with van der Waals surface area (Å²) in [5.41, 5.74) is 0.116. The van der Waals surface area contributed by atoms with Gasteiger partial charge in [0.15, 0.2) is 5.78 Å². The van der Waals surface area contributed by atoms with Gasteiger partial charge in [0, 0.05) is 13.2 Å². The summed E-state index contributed by atoms with van der Waals surface area (Å²) in [5.74, 6) is 0.0584. The van der Waals surface area contributed by atoms with Gasteiger partial charge < -0.3 is 5.32 Å². The number of rotatable bonds is 3. The van der Waals surface area contributed by atoms with Crippen LogP contribution in [0.1, 0.15) is 24.2 Å². The summed E-state index contributed by atoms with van der Waals surface area (Å²) in [6.07, 6.45) is 3.31. The second-order valence-electron chi connectivity index (χ2n) is 3.61. The average molecular weight is 181 g/mol. The standard InChI is InChI=1S/C9H15N3O/c1-9(2,10-3)8(13)7-5-11-12(4)6-7/h5-6,10H,1-4H3. The van der Waals surface area contributed by atoms with E-state index in [0.717, 1.165) is 0 Å². The summed E-state index contributed by atoms with van der Waals surface area (Å²) >= 11 is 0. The molecule has 1 aromatic rings. The van der Waals surface area contributed by atoms with Crippen molar-refractivity contribution < 1.29 is 4.79 Å². The Labute approximate surface area is 77.9 Å². The minimum absolute atomic E-state index is 0.0584. The summed E-state index contributed by atoms with van der Waals surface area (Å²) in [6, 6.07) is 0. The second kappa shape index (κ2) is 3.30. The fourth-order valence-corrected chi connectivity index (χ4v) is 1.01. The van der Waals surface area contributed by atoms with Gasteiger partial charge >= 0.3 is 0 Å². The first-order chi connectivity index (χ1) is 5.97. The van der Waals surface area contributed by atoms with Crippen molar-refractivity contribution in [2.45, 2.75) is 19.4 Å². The summed E-state index contributed by atoms with van der Waals surface area (Å²) < 4.78 is 1.62. The molecule has 0 radical (unpaired) electrons. The number of carbonyl (C=O) groups excluding carboxylic acids is 1. The maximum Gasteiger partial charge on any atom is 0.185 e. The Bertz CT molecular complexity index is 314. The van der Waals surface area contributed by atoms with E-state index in [0.29, 0.717) is 5.56 Å². The van der Waals surface area contributed by atoms with Crippen molar-refractivity contribution >= 4 is 5.78 Å². The molecule has 0 aliphatic heterocycles. The van der Waals surface area contributed by atoms with E-state index in [1.807, 2.05) is 13.8 Å². The number of likely N-dealkylation sites (N-methyl/N-ethyl adjacent to an activating group) is 1. The lowest BCUT2D eigenvalue weighted by Crippen LogP contribution is -2.44. The molecule has 0 aliphatic rings. The largest absolute Gasteiger partial charge is 0.308 e. The number of hydrogen-bond acceptors (Lipinski definition) is 3. The molecule has 0 spiro atoms. The molecule has 0 aromatic carbocycles. The number of Topliss-reactive ketones (excluding diaryl/α,β-unsaturated/α-hetero) is 1. The fourth-order valence-electron chi connectivity index (χ4n) is 1.01. The molecule has 4 nitrogen and oxygen atoms in total. The molecule has 1 aromatic heterocycles. The molecule has 0 atom stereocenters. The number of aryl methyl sites for hydroxylation is 1. The van der Waals surface area contributed by atoms with Crippen molar-refractivity contribution in [3.63, 3.8) is 0 Å². The van der Waals surface area contributed by atoms with Crippen LogP contribution in [0.5, 0.6) is 0 Å². The Morgan fingerprint density at radius 2 is 2.23 bits per heavy atom. The molecule has 4 heteroatoms. The zero-order valence-corrected chi connectivity index (χ0v) is 8.46. The van der Waals surface area contributed by atoms with Gasteiger partial charge in [-0.3, -0.25) is 9.48 Å². The van der Waals surface area contributed by atoms with Gasteiger partial charge in [0.25, 0.3) is 0 Å². The lowest BCUT2D eigenvalue weighted by atomic mass is 9.95. The van der Waals surface area contributed by atoms with Gasteiger partial charge in [-0.15, -0.1) is 0 Å². The van der Waals surface area contributed by atoms with Crippen LogP contribution in [0.4, 0.5) is 0 Å². The van der Waals surface area contributed by atoms with Crippen molar-refractivity contribution in [3.05, 3.63) is 18.0 Å². The van der Waals surface area contributed by atoms with E-state index in [1.165, 1.54) is 0 Å². The van der Waals surface area contributed by atoms with Crippen molar-refractivity contribution in [1.82, 2.24) is 15.1 Å². The van der Waals surface area contributed by atoms with E-state index >= 15 is 0 Å². The highest BCUT2D eigenvalue weighted by Crippen LogP contribution is 2.10. The molecule has 0 fully saturated rings. The summed E-state index contributed by atoms with van der Waals surface area (Å²) in [5, 5.41) is 6.92. The molecule has 0 saturated carbocycles. The quantitative estimate of drug-likeness (QED) is 0.695. The number of nitrogens with zero attached hydrogens (tertiary/aromatic N) is 2. The van der Waals surface area contributed by atoms with E-state index in [2.05, 4.69) is 10.4 Å². The third-order valence-electron chi connectivity index (χ3n) is 2.16. The normalized spacial score (nSPS) is 11.7. The molecule has 0 unspecified atom stereocenters. The number of aromatic nitrogens is 2. The first kappa shape index (κ1) is 9.92. The highest BCUT2D eigenvalue weighted by molar-refractivity contribution is 6.02. The van der Waals surface area contributed by atoms with Crippen LogP contribution in [0.15, 0.2) is 12.4 Å². The van der Waals surface area contributed by atoms with Gasteiger partial charge in [0.2, 0.25) is 0 Å². The molecule has 0 saturated heterocycles. The van der Waals surface area contributed by atoms with Crippen LogP contribution in [0, 0.1) is 0 Å². The highest BCUT2D eigenvalue weighted by Gasteiger charge is 2.27. The van der Waals surface area contributed by atoms with Gasteiger partial charge in [0.05, 0.1) is 17.3 Å². The molecular weight excluding hydrogens is 166 g/mol. The topological polar surface area (TPSA) is 46.9 Å². The third-order valence-corrected chi connectivity index (χ3v) is 2.16. The Morgan fingerprint density at radius 1 is 1.62 bits per heavy atom. The van der Waals surface area contributed by atoms with Gasteiger partial charge in [-0.05, 0) is 20.9 Å². The Kier molecular flexibility index (Phi) is 2.52. The van der Waals surface area contributed by atoms with E-state index < -0.39 is 5.54 Å². The van der Waals surface area contributed by atoms with Crippen molar-refractivity contribution in [2.24, 2.45) is 7.05 Å². The smallest absolute Gasteiger partial charge is 0.185 e. The molecule has 1 N–H and O–H groups in total. The first-order valence-electron chi connectivity index (χ1n) is 4.20. The Hall–Kier alpha value is -1.16. The molecular formula is C9H15N3O. The number of nitrogens with one attached hydrogen (secondary N) is 1. The van der Waals surface area contributed by atoms with Crippen LogP contribution in [-0.2, 0) is 7.05 Å². The van der Waals surface area contributed by atoms with Gasteiger partial charge in [-0.1, -0.05) is 0 Å². The highest BCUT2D eigenvalue weighted by atomic mass is 16.1. The lowest BCUT2D eigenvalue weighted by molar-refractivity contribution is 0.0889. The summed E-state index contributed by atoms with van der Waals surface area (Å²) in [6.45, 7) is 3.70. The minimum Gasteiger partial charge on any atom is -0.308 e. The molecule has 72 valence electrons. The molecule has 13 heavy (non-hydrogen) atoms. The lowest BCUT2D eigenvalue weighted by Gasteiger charge is -2.20. The van der Waals surface area contributed by atoms with Gasteiger partial charge in [-0.2, -0.15) is 5.10 Å². The number of ketones is 1. The van der Waals surface area contributed by atoms with E-state index in [-0.39, 0.29) is 5.78 Å². The maximum atomic E-state index is 11.8. The van der Waals surface area contributed by atoms with Crippen LogP contribution < -0.4 is 5.32 Å². The molecule has 1 rings (SSSR count). The van der Waals surface area contributed by atoms with Crippen LogP contribution >= 0.6 is 0 Å². The number of carbonyl (C=O) groups is 1. The SMILES string of the molecule is CNC(C)(C)C(=O)c1cnn(C)c1. The van der Waals surface area contributed by atoms with E-state index in [9.17, 15) is 4.79 Å². The molecule has 0 bridgehead atoms. The summed E-state index contributed by atoms with van der Waals surface area (Å²) in [7, 11) is 3.57. The second-order valence-corrected chi connectivity index (χ2v) is 3.61. The predicted molar refractivity (Wildman–Crippen MR) is 50.7 cm³/mol. The van der Waals surface area contributed by atoms with E-state index in [1.54, 1.807) is 31.2 Å². The van der Waals surface area contributed by atoms with Crippen LogP contribution in [0.25, 0.3) is 0 Å². The van der Waals surface area contributed by atoms with E-state index in [4.69, 9.17) is 0 Å². The maximum absolute atomic E-state index is 11.8. The van der Waals surface area contributed by atoms with Crippen LogP contribution in [0.2, 0.25) is 0 Å². The summed E-state index contributed by atoms with van der Waals surface area (Å²) in [4.78, 5) is 11.8. The Balaban J connectivity index is 2.91. The van der Waals surface area contributed by atoms with Crippen LogP contribution in [0.3, 0.4) is 0 Å². The third kappa shape index (κ3) is 1.95. The van der Waals surface area contributed by atoms with Crippen molar-refractivity contribution in [2.75, 3.05) is 7.05 Å². The van der Waals surface area contributed by atoms with Crippen LogP contribution in [-0.4, -0.2) is 28.2 Å². The average Bonchev–Trinajstić information content (AvgIpc) is 2.50. The zero-order chi connectivity index (χ0) is 10.1. The molecule has 0 aliphatic carbocycles. The molecule has 1 heterocycles. The monoisotopic (exact) mass is 181 g/mol. The van der Waals surface area contributed by atoms with Crippen molar-refractivity contribution in [1.29, 1.82) is 0 Å². The predicted octanol–water partition coefficient (Wildman–Crippen LogP) is 0.601. The zero-order valence-electron chi connectivity index (χ0n) is 8.46. The number of hydrogen-bond donors (Lipinski definition) is 1.